The molecule has 0 aliphatic rings. The highest BCUT2D eigenvalue weighted by Crippen LogP contribution is 2.19. The Labute approximate surface area is 208 Å². The maximum absolute atomic E-state index is 12.1. The van der Waals surface area contributed by atoms with Crippen molar-refractivity contribution in [2.75, 3.05) is 17.2 Å². The fourth-order valence-electron chi connectivity index (χ4n) is 2.89. The van der Waals surface area contributed by atoms with Crippen LogP contribution in [0.15, 0.2) is 71.8 Å². The molecule has 3 rings (SSSR count). The van der Waals surface area contributed by atoms with Crippen molar-refractivity contribution in [2.45, 2.75) is 20.3 Å². The number of rotatable bonds is 8. The Morgan fingerprint density at radius 2 is 1.60 bits per heavy atom. The summed E-state index contributed by atoms with van der Waals surface area (Å²) in [4.78, 5) is 36.0. The van der Waals surface area contributed by atoms with Gasteiger partial charge in [-0.25, -0.2) is 5.43 Å². The molecule has 3 amide bonds. The van der Waals surface area contributed by atoms with Gasteiger partial charge < -0.3 is 15.4 Å². The van der Waals surface area contributed by atoms with Gasteiger partial charge in [-0.05, 0) is 78.6 Å². The zero-order valence-corrected chi connectivity index (χ0v) is 20.1. The minimum absolute atomic E-state index is 0.139. The van der Waals surface area contributed by atoms with Gasteiger partial charge in [-0.2, -0.15) is 5.10 Å². The highest BCUT2D eigenvalue weighted by Gasteiger charge is 2.13. The van der Waals surface area contributed by atoms with Gasteiger partial charge in [0.15, 0.2) is 6.61 Å². The van der Waals surface area contributed by atoms with Gasteiger partial charge in [-0.3, -0.25) is 14.4 Å². The van der Waals surface area contributed by atoms with E-state index in [0.29, 0.717) is 27.7 Å². The standard InChI is InChI=1S/C26H25ClN4O4/c1-3-18-5-10-20(11-6-18)29-24(32)16-35-22-12-7-19(8-13-22)15-28-31-26(34)25(33)30-21-9-4-17(2)23(27)14-21/h4-15H,3,16H2,1-2H3,(H,29,32)(H,30,33)(H,31,34)/b28-15-. The summed E-state index contributed by atoms with van der Waals surface area (Å²) >= 11 is 6.01. The predicted molar refractivity (Wildman–Crippen MR) is 137 cm³/mol. The van der Waals surface area contributed by atoms with Crippen LogP contribution in [0, 0.1) is 6.92 Å². The molecule has 0 atom stereocenters. The van der Waals surface area contributed by atoms with E-state index in [1.54, 1.807) is 42.5 Å². The normalized spacial score (nSPS) is 10.6. The lowest BCUT2D eigenvalue weighted by atomic mass is 10.1. The monoisotopic (exact) mass is 492 g/mol. The molecule has 35 heavy (non-hydrogen) atoms. The average Bonchev–Trinajstić information content (AvgIpc) is 2.86. The van der Waals surface area contributed by atoms with Crippen molar-refractivity contribution in [1.29, 1.82) is 0 Å². The van der Waals surface area contributed by atoms with Crippen LogP contribution in [0.1, 0.15) is 23.6 Å². The largest absolute Gasteiger partial charge is 0.484 e. The second-order valence-corrected chi connectivity index (χ2v) is 7.98. The van der Waals surface area contributed by atoms with Crippen molar-refractivity contribution in [2.24, 2.45) is 5.10 Å². The van der Waals surface area contributed by atoms with Gasteiger partial charge in [0.1, 0.15) is 5.75 Å². The van der Waals surface area contributed by atoms with E-state index in [2.05, 4.69) is 28.1 Å². The fraction of sp³-hybridized carbons (Fsp3) is 0.154. The van der Waals surface area contributed by atoms with E-state index < -0.39 is 11.8 Å². The molecule has 0 spiro atoms. The average molecular weight is 493 g/mol. The number of aryl methyl sites for hydroxylation is 2. The Morgan fingerprint density at radius 3 is 2.26 bits per heavy atom. The predicted octanol–water partition coefficient (Wildman–Crippen LogP) is 4.32. The smallest absolute Gasteiger partial charge is 0.329 e. The second-order valence-electron chi connectivity index (χ2n) is 7.57. The molecular formula is C26H25ClN4O4. The third kappa shape index (κ3) is 7.97. The highest BCUT2D eigenvalue weighted by atomic mass is 35.5. The number of carbonyl (C=O) groups excluding carboxylic acids is 3. The molecule has 0 aliphatic carbocycles. The number of ether oxygens (including phenoxy) is 1. The van der Waals surface area contributed by atoms with E-state index in [4.69, 9.17) is 16.3 Å². The first-order valence-corrected chi connectivity index (χ1v) is 11.2. The molecule has 0 unspecified atom stereocenters. The Bertz CT molecular complexity index is 1230. The number of carbonyl (C=O) groups is 3. The topological polar surface area (TPSA) is 109 Å². The molecule has 0 bridgehead atoms. The summed E-state index contributed by atoms with van der Waals surface area (Å²) in [7, 11) is 0. The molecule has 0 aromatic heterocycles. The second kappa shape index (κ2) is 12.3. The fourth-order valence-corrected chi connectivity index (χ4v) is 3.08. The van der Waals surface area contributed by atoms with E-state index in [-0.39, 0.29) is 12.5 Å². The summed E-state index contributed by atoms with van der Waals surface area (Å²) < 4.78 is 5.50. The number of hydrazone groups is 1. The van der Waals surface area contributed by atoms with Crippen molar-refractivity contribution in [1.82, 2.24) is 5.43 Å². The number of hydrogen-bond acceptors (Lipinski definition) is 5. The molecule has 0 heterocycles. The molecule has 0 radical (unpaired) electrons. The van der Waals surface area contributed by atoms with Crippen LogP contribution >= 0.6 is 11.6 Å². The van der Waals surface area contributed by atoms with Crippen molar-refractivity contribution in [3.8, 4) is 5.75 Å². The van der Waals surface area contributed by atoms with Crippen LogP contribution in [0.4, 0.5) is 11.4 Å². The van der Waals surface area contributed by atoms with Gasteiger partial charge >= 0.3 is 11.8 Å². The summed E-state index contributed by atoms with van der Waals surface area (Å²) in [5, 5.41) is 9.49. The van der Waals surface area contributed by atoms with Crippen molar-refractivity contribution >= 4 is 46.9 Å². The molecule has 8 nitrogen and oxygen atoms in total. The van der Waals surface area contributed by atoms with Gasteiger partial charge in [0.2, 0.25) is 0 Å². The number of hydrogen-bond donors (Lipinski definition) is 3. The molecule has 3 N–H and O–H groups in total. The molecular weight excluding hydrogens is 468 g/mol. The van der Waals surface area contributed by atoms with Crippen LogP contribution in [0.3, 0.4) is 0 Å². The van der Waals surface area contributed by atoms with Crippen molar-refractivity contribution < 1.29 is 19.1 Å². The Balaban J connectivity index is 1.42. The summed E-state index contributed by atoms with van der Waals surface area (Å²) in [6.07, 6.45) is 2.31. The third-order valence-electron chi connectivity index (χ3n) is 4.91. The lowest BCUT2D eigenvalue weighted by Crippen LogP contribution is -2.32. The SMILES string of the molecule is CCc1ccc(NC(=O)COc2ccc(/C=N\NC(=O)C(=O)Nc3ccc(C)c(Cl)c3)cc2)cc1. The van der Waals surface area contributed by atoms with Gasteiger partial charge in [-0.15, -0.1) is 0 Å². The summed E-state index contributed by atoms with van der Waals surface area (Å²) in [6.45, 7) is 3.76. The number of nitrogens with zero attached hydrogens (tertiary/aromatic N) is 1. The first-order valence-electron chi connectivity index (χ1n) is 10.9. The summed E-state index contributed by atoms with van der Waals surface area (Å²) in [5.74, 6) is -1.56. The number of anilines is 2. The zero-order chi connectivity index (χ0) is 25.2. The third-order valence-corrected chi connectivity index (χ3v) is 5.32. The number of nitrogens with one attached hydrogen (secondary N) is 3. The molecule has 3 aromatic rings. The Morgan fingerprint density at radius 1 is 0.914 bits per heavy atom. The van der Waals surface area contributed by atoms with E-state index >= 15 is 0 Å². The van der Waals surface area contributed by atoms with Crippen molar-refractivity contribution in [3.05, 3.63) is 88.4 Å². The van der Waals surface area contributed by atoms with E-state index in [0.717, 1.165) is 12.0 Å². The lowest BCUT2D eigenvalue weighted by Gasteiger charge is -2.08. The Kier molecular flexibility index (Phi) is 8.97. The number of amides is 3. The molecule has 0 fully saturated rings. The van der Waals surface area contributed by atoms with Crippen LogP contribution < -0.4 is 20.8 Å². The van der Waals surface area contributed by atoms with E-state index in [9.17, 15) is 14.4 Å². The van der Waals surface area contributed by atoms with Gasteiger partial charge in [0.05, 0.1) is 6.21 Å². The molecule has 0 saturated carbocycles. The molecule has 9 heteroatoms. The zero-order valence-electron chi connectivity index (χ0n) is 19.3. The van der Waals surface area contributed by atoms with E-state index in [1.807, 2.05) is 31.2 Å². The highest BCUT2D eigenvalue weighted by molar-refractivity contribution is 6.39. The summed E-state index contributed by atoms with van der Waals surface area (Å²) in [5.41, 5.74) is 5.99. The maximum Gasteiger partial charge on any atom is 0.329 e. The first-order chi connectivity index (χ1) is 16.8. The molecule has 0 saturated heterocycles. The lowest BCUT2D eigenvalue weighted by molar-refractivity contribution is -0.136. The van der Waals surface area contributed by atoms with Crippen molar-refractivity contribution in [3.63, 3.8) is 0 Å². The number of benzene rings is 3. The first kappa shape index (κ1) is 25.5. The van der Waals surface area contributed by atoms with Crippen LogP contribution in [-0.2, 0) is 20.8 Å². The summed E-state index contributed by atoms with van der Waals surface area (Å²) in [6, 6.07) is 19.3. The molecule has 180 valence electrons. The maximum atomic E-state index is 12.1. The van der Waals surface area contributed by atoms with E-state index in [1.165, 1.54) is 11.8 Å². The molecule has 3 aromatic carbocycles. The van der Waals surface area contributed by atoms with Crippen LogP contribution in [0.5, 0.6) is 5.75 Å². The number of halogens is 1. The minimum Gasteiger partial charge on any atom is -0.484 e. The minimum atomic E-state index is -0.923. The van der Waals surface area contributed by atoms with Gasteiger partial charge in [0, 0.05) is 16.4 Å². The van der Waals surface area contributed by atoms with Crippen LogP contribution in [-0.4, -0.2) is 30.5 Å². The van der Waals surface area contributed by atoms with Crippen LogP contribution in [0.25, 0.3) is 0 Å². The van der Waals surface area contributed by atoms with Gasteiger partial charge in [-0.1, -0.05) is 36.7 Å². The molecule has 0 aliphatic heterocycles. The van der Waals surface area contributed by atoms with Gasteiger partial charge in [0.25, 0.3) is 5.91 Å². The Hall–Kier alpha value is -4.17. The quantitative estimate of drug-likeness (QED) is 0.247. The van der Waals surface area contributed by atoms with Crippen LogP contribution in [0.2, 0.25) is 5.02 Å².